The molecule has 0 amide bonds. The minimum absolute atomic E-state index is 0.216. The van der Waals surface area contributed by atoms with Crippen molar-refractivity contribution in [2.45, 2.75) is 25.6 Å². The van der Waals surface area contributed by atoms with E-state index in [0.717, 1.165) is 37.3 Å². The molecule has 0 bridgehead atoms. The van der Waals surface area contributed by atoms with Crippen LogP contribution in [0.5, 0.6) is 0 Å². The van der Waals surface area contributed by atoms with Gasteiger partial charge in [0.25, 0.3) is 0 Å². The maximum atomic E-state index is 12.8. The highest BCUT2D eigenvalue weighted by molar-refractivity contribution is 6.29. The van der Waals surface area contributed by atoms with Crippen LogP contribution >= 0.6 is 11.6 Å². The Morgan fingerprint density at radius 1 is 1.18 bits per heavy atom. The fourth-order valence-electron chi connectivity index (χ4n) is 2.53. The molecule has 116 valence electrons. The van der Waals surface area contributed by atoms with Crippen molar-refractivity contribution in [2.75, 3.05) is 18.0 Å². The van der Waals surface area contributed by atoms with Gasteiger partial charge in [-0.2, -0.15) is 0 Å². The van der Waals surface area contributed by atoms with E-state index in [2.05, 4.69) is 14.9 Å². The van der Waals surface area contributed by atoms with E-state index in [9.17, 15) is 4.39 Å². The standard InChI is InChI=1S/C16H17ClFN3O/c17-15-9-19-10-16(20-15)21-7-5-14(6-8-21)22-11-12-1-3-13(18)4-2-12/h1-4,9-10,14H,5-8,11H2. The Balaban J connectivity index is 1.48. The Hall–Kier alpha value is -1.72. The van der Waals surface area contributed by atoms with Gasteiger partial charge in [-0.05, 0) is 30.5 Å². The van der Waals surface area contributed by atoms with E-state index in [1.54, 1.807) is 18.3 Å². The van der Waals surface area contributed by atoms with Gasteiger partial charge in [0.1, 0.15) is 16.8 Å². The van der Waals surface area contributed by atoms with Crippen LogP contribution in [0.1, 0.15) is 18.4 Å². The van der Waals surface area contributed by atoms with Gasteiger partial charge in [-0.25, -0.2) is 9.37 Å². The molecule has 1 aliphatic heterocycles. The molecule has 4 nitrogen and oxygen atoms in total. The lowest BCUT2D eigenvalue weighted by molar-refractivity contribution is 0.0250. The molecule has 0 saturated carbocycles. The van der Waals surface area contributed by atoms with Gasteiger partial charge < -0.3 is 9.64 Å². The van der Waals surface area contributed by atoms with Gasteiger partial charge in [-0.3, -0.25) is 4.98 Å². The number of nitrogens with zero attached hydrogens (tertiary/aromatic N) is 3. The summed E-state index contributed by atoms with van der Waals surface area (Å²) in [6.07, 6.45) is 5.33. The summed E-state index contributed by atoms with van der Waals surface area (Å²) in [7, 11) is 0. The second-order valence-electron chi connectivity index (χ2n) is 5.32. The van der Waals surface area contributed by atoms with E-state index >= 15 is 0 Å². The topological polar surface area (TPSA) is 38.2 Å². The van der Waals surface area contributed by atoms with E-state index in [0.29, 0.717) is 11.8 Å². The monoisotopic (exact) mass is 321 g/mol. The number of hydrogen-bond donors (Lipinski definition) is 0. The molecule has 1 aliphatic rings. The summed E-state index contributed by atoms with van der Waals surface area (Å²) in [5, 5.41) is 0.409. The van der Waals surface area contributed by atoms with Gasteiger partial charge in [0.2, 0.25) is 0 Å². The van der Waals surface area contributed by atoms with Gasteiger partial charge in [-0.1, -0.05) is 23.7 Å². The molecular formula is C16H17ClFN3O. The van der Waals surface area contributed by atoms with Crippen molar-refractivity contribution < 1.29 is 9.13 Å². The molecule has 0 radical (unpaired) electrons. The van der Waals surface area contributed by atoms with Crippen LogP contribution in [0.3, 0.4) is 0 Å². The Morgan fingerprint density at radius 2 is 1.91 bits per heavy atom. The van der Waals surface area contributed by atoms with Crippen molar-refractivity contribution >= 4 is 17.4 Å². The molecule has 22 heavy (non-hydrogen) atoms. The molecule has 0 atom stereocenters. The predicted octanol–water partition coefficient (Wildman–Crippen LogP) is 3.45. The normalized spacial score (nSPS) is 16.0. The molecule has 0 aliphatic carbocycles. The molecule has 1 saturated heterocycles. The van der Waals surface area contributed by atoms with Crippen LogP contribution in [-0.4, -0.2) is 29.2 Å². The summed E-state index contributed by atoms with van der Waals surface area (Å²) in [6.45, 7) is 2.24. The molecule has 6 heteroatoms. The fraction of sp³-hybridized carbons (Fsp3) is 0.375. The summed E-state index contributed by atoms with van der Waals surface area (Å²) < 4.78 is 18.8. The number of rotatable bonds is 4. The SMILES string of the molecule is Fc1ccc(COC2CCN(c3cncc(Cl)n3)CC2)cc1. The van der Waals surface area contributed by atoms with Crippen LogP contribution < -0.4 is 4.90 Å². The third-order valence-electron chi connectivity index (χ3n) is 3.76. The number of hydrogen-bond acceptors (Lipinski definition) is 4. The number of piperidine rings is 1. The maximum Gasteiger partial charge on any atom is 0.149 e. The highest BCUT2D eigenvalue weighted by Crippen LogP contribution is 2.21. The number of ether oxygens (including phenoxy) is 1. The third kappa shape index (κ3) is 3.93. The minimum atomic E-state index is -0.223. The van der Waals surface area contributed by atoms with Gasteiger partial charge in [-0.15, -0.1) is 0 Å². The number of aromatic nitrogens is 2. The van der Waals surface area contributed by atoms with Crippen molar-refractivity contribution in [3.63, 3.8) is 0 Å². The zero-order chi connectivity index (χ0) is 15.4. The molecule has 1 aromatic heterocycles. The number of benzene rings is 1. The first kappa shape index (κ1) is 15.2. The van der Waals surface area contributed by atoms with Crippen LogP contribution in [0, 0.1) is 5.82 Å². The zero-order valence-corrected chi connectivity index (χ0v) is 12.8. The second kappa shape index (κ2) is 7.03. The van der Waals surface area contributed by atoms with Gasteiger partial charge in [0.15, 0.2) is 0 Å². The van der Waals surface area contributed by atoms with Gasteiger partial charge in [0.05, 0.1) is 25.1 Å². The molecule has 0 unspecified atom stereocenters. The van der Waals surface area contributed by atoms with Crippen molar-refractivity contribution in [3.8, 4) is 0 Å². The average Bonchev–Trinajstić information content (AvgIpc) is 2.55. The third-order valence-corrected chi connectivity index (χ3v) is 3.94. The Kier molecular flexibility index (Phi) is 4.85. The molecule has 2 heterocycles. The average molecular weight is 322 g/mol. The minimum Gasteiger partial charge on any atom is -0.373 e. The van der Waals surface area contributed by atoms with Crippen molar-refractivity contribution in [1.29, 1.82) is 0 Å². The summed E-state index contributed by atoms with van der Waals surface area (Å²) in [6, 6.07) is 6.43. The lowest BCUT2D eigenvalue weighted by atomic mass is 10.1. The first-order valence-corrected chi connectivity index (χ1v) is 7.67. The number of halogens is 2. The number of anilines is 1. The van der Waals surface area contributed by atoms with Crippen LogP contribution in [0.4, 0.5) is 10.2 Å². The van der Waals surface area contributed by atoms with Gasteiger partial charge in [0, 0.05) is 13.1 Å². The quantitative estimate of drug-likeness (QED) is 0.864. The first-order chi connectivity index (χ1) is 10.7. The van der Waals surface area contributed by atoms with E-state index in [1.807, 2.05) is 0 Å². The van der Waals surface area contributed by atoms with Crippen molar-refractivity contribution in [1.82, 2.24) is 9.97 Å². The van der Waals surface area contributed by atoms with Gasteiger partial charge >= 0.3 is 0 Å². The highest BCUT2D eigenvalue weighted by Gasteiger charge is 2.21. The summed E-state index contributed by atoms with van der Waals surface area (Å²) in [5.41, 5.74) is 0.990. The van der Waals surface area contributed by atoms with E-state index in [-0.39, 0.29) is 11.9 Å². The summed E-state index contributed by atoms with van der Waals surface area (Å²) in [5.74, 6) is 0.587. The van der Waals surface area contributed by atoms with Crippen LogP contribution in [0.25, 0.3) is 0 Å². The Morgan fingerprint density at radius 3 is 2.59 bits per heavy atom. The molecular weight excluding hydrogens is 305 g/mol. The van der Waals surface area contributed by atoms with Crippen LogP contribution in [0.15, 0.2) is 36.7 Å². The Labute approximate surface area is 133 Å². The lowest BCUT2D eigenvalue weighted by Crippen LogP contribution is -2.37. The van der Waals surface area contributed by atoms with Crippen LogP contribution in [-0.2, 0) is 11.3 Å². The van der Waals surface area contributed by atoms with Crippen molar-refractivity contribution in [2.24, 2.45) is 0 Å². The van der Waals surface area contributed by atoms with E-state index in [1.165, 1.54) is 18.3 Å². The van der Waals surface area contributed by atoms with E-state index in [4.69, 9.17) is 16.3 Å². The second-order valence-corrected chi connectivity index (χ2v) is 5.71. The maximum absolute atomic E-state index is 12.8. The molecule has 0 N–H and O–H groups in total. The summed E-state index contributed by atoms with van der Waals surface area (Å²) >= 11 is 5.87. The Bertz CT molecular complexity index is 615. The molecule has 1 fully saturated rings. The fourth-order valence-corrected chi connectivity index (χ4v) is 2.67. The molecule has 0 spiro atoms. The van der Waals surface area contributed by atoms with E-state index < -0.39 is 0 Å². The predicted molar refractivity (Wildman–Crippen MR) is 83.5 cm³/mol. The smallest absolute Gasteiger partial charge is 0.149 e. The van der Waals surface area contributed by atoms with Crippen molar-refractivity contribution in [3.05, 3.63) is 53.2 Å². The molecule has 2 aromatic rings. The highest BCUT2D eigenvalue weighted by atomic mass is 35.5. The lowest BCUT2D eigenvalue weighted by Gasteiger charge is -2.32. The molecule has 1 aromatic carbocycles. The zero-order valence-electron chi connectivity index (χ0n) is 12.1. The largest absolute Gasteiger partial charge is 0.373 e. The summed E-state index contributed by atoms with van der Waals surface area (Å²) in [4.78, 5) is 10.5. The van der Waals surface area contributed by atoms with Crippen LogP contribution in [0.2, 0.25) is 5.15 Å². The first-order valence-electron chi connectivity index (χ1n) is 7.29. The molecule has 3 rings (SSSR count).